The van der Waals surface area contributed by atoms with Crippen LogP contribution in [-0.4, -0.2) is 46.7 Å². The third kappa shape index (κ3) is 4.45. The highest BCUT2D eigenvalue weighted by Gasteiger charge is 2.23. The maximum Gasteiger partial charge on any atom is 0.227 e. The summed E-state index contributed by atoms with van der Waals surface area (Å²) < 4.78 is 10.9. The zero-order chi connectivity index (χ0) is 17.6. The second kappa shape index (κ2) is 8.25. The van der Waals surface area contributed by atoms with Crippen LogP contribution < -0.4 is 0 Å². The maximum atomic E-state index is 12.4. The molecule has 2 heterocycles. The van der Waals surface area contributed by atoms with E-state index < -0.39 is 0 Å². The summed E-state index contributed by atoms with van der Waals surface area (Å²) in [6.07, 6.45) is 2.92. The Hall–Kier alpha value is -2.21. The average Bonchev–Trinajstić information content (AvgIpc) is 3.15. The fraction of sp³-hybridized carbons (Fsp3) is 0.526. The van der Waals surface area contributed by atoms with Crippen LogP contribution in [-0.2, 0) is 22.4 Å². The summed E-state index contributed by atoms with van der Waals surface area (Å²) in [6, 6.07) is 8.13. The molecule has 134 valence electrons. The molecule has 0 unspecified atom stereocenters. The van der Waals surface area contributed by atoms with Crippen LogP contribution in [0.2, 0.25) is 0 Å². The molecular formula is C19H25N3O3. The van der Waals surface area contributed by atoms with Gasteiger partial charge in [0.15, 0.2) is 0 Å². The van der Waals surface area contributed by atoms with Gasteiger partial charge in [-0.3, -0.25) is 4.79 Å². The Morgan fingerprint density at radius 3 is 2.80 bits per heavy atom. The number of hydrogen-bond acceptors (Lipinski definition) is 5. The molecule has 1 atom stereocenters. The third-order valence-corrected chi connectivity index (χ3v) is 4.59. The molecule has 1 amide bonds. The van der Waals surface area contributed by atoms with Crippen LogP contribution in [0.1, 0.15) is 38.1 Å². The zero-order valence-electron chi connectivity index (χ0n) is 14.9. The van der Waals surface area contributed by atoms with Crippen LogP contribution in [0, 0.1) is 0 Å². The number of ether oxygens (including phenoxy) is 1. The van der Waals surface area contributed by atoms with E-state index in [-0.39, 0.29) is 12.0 Å². The molecule has 6 nitrogen and oxygen atoms in total. The molecule has 2 aromatic rings. The van der Waals surface area contributed by atoms with E-state index in [9.17, 15) is 4.79 Å². The SMILES string of the molecule is CCc1ccc(-c2noc(CCC(=O)N3CCO[C@@H](CC)C3)n2)cc1. The van der Waals surface area contributed by atoms with Crippen molar-refractivity contribution in [2.24, 2.45) is 0 Å². The topological polar surface area (TPSA) is 68.5 Å². The number of aryl methyl sites for hydroxylation is 2. The molecule has 0 aliphatic carbocycles. The van der Waals surface area contributed by atoms with Crippen LogP contribution in [0.15, 0.2) is 28.8 Å². The Morgan fingerprint density at radius 2 is 2.08 bits per heavy atom. The van der Waals surface area contributed by atoms with E-state index in [2.05, 4.69) is 36.1 Å². The fourth-order valence-corrected chi connectivity index (χ4v) is 2.93. The molecule has 1 fully saturated rings. The highest BCUT2D eigenvalue weighted by molar-refractivity contribution is 5.76. The molecule has 1 aliphatic rings. The first-order valence-corrected chi connectivity index (χ1v) is 9.00. The summed E-state index contributed by atoms with van der Waals surface area (Å²) in [5.41, 5.74) is 2.20. The summed E-state index contributed by atoms with van der Waals surface area (Å²) in [7, 11) is 0. The van der Waals surface area contributed by atoms with Gasteiger partial charge in [-0.05, 0) is 18.4 Å². The normalized spacial score (nSPS) is 17.7. The molecule has 0 radical (unpaired) electrons. The average molecular weight is 343 g/mol. The number of carbonyl (C=O) groups is 1. The van der Waals surface area contributed by atoms with Crippen LogP contribution in [0.5, 0.6) is 0 Å². The van der Waals surface area contributed by atoms with Crippen molar-refractivity contribution in [2.75, 3.05) is 19.7 Å². The molecule has 1 aliphatic heterocycles. The Bertz CT molecular complexity index is 696. The first kappa shape index (κ1) is 17.6. The highest BCUT2D eigenvalue weighted by atomic mass is 16.5. The molecule has 1 aromatic carbocycles. The Balaban J connectivity index is 1.55. The monoisotopic (exact) mass is 343 g/mol. The number of hydrogen-bond donors (Lipinski definition) is 0. The summed E-state index contributed by atoms with van der Waals surface area (Å²) in [6.45, 7) is 6.15. The summed E-state index contributed by atoms with van der Waals surface area (Å²) in [5.74, 6) is 1.19. The molecule has 3 rings (SSSR count). The van der Waals surface area contributed by atoms with Gasteiger partial charge in [0.05, 0.1) is 12.7 Å². The van der Waals surface area contributed by atoms with Crippen LogP contribution in [0.4, 0.5) is 0 Å². The lowest BCUT2D eigenvalue weighted by Crippen LogP contribution is -2.45. The lowest BCUT2D eigenvalue weighted by atomic mass is 10.1. The number of carbonyl (C=O) groups excluding carboxylic acids is 1. The van der Waals surface area contributed by atoms with E-state index in [0.717, 1.165) is 18.4 Å². The van der Waals surface area contributed by atoms with Gasteiger partial charge < -0.3 is 14.2 Å². The number of benzene rings is 1. The standard InChI is InChI=1S/C19H25N3O3/c1-3-14-5-7-15(8-6-14)19-20-17(25-21-19)9-10-18(23)22-11-12-24-16(4-2)13-22/h5-8,16H,3-4,9-13H2,1-2H3/t16-/m0/s1. The number of amides is 1. The van der Waals surface area contributed by atoms with Crippen molar-refractivity contribution in [3.05, 3.63) is 35.7 Å². The van der Waals surface area contributed by atoms with E-state index >= 15 is 0 Å². The third-order valence-electron chi connectivity index (χ3n) is 4.59. The number of nitrogens with zero attached hydrogens (tertiary/aromatic N) is 3. The molecule has 6 heteroatoms. The lowest BCUT2D eigenvalue weighted by molar-refractivity contribution is -0.138. The van der Waals surface area contributed by atoms with Crippen molar-refractivity contribution in [3.8, 4) is 11.4 Å². The van der Waals surface area contributed by atoms with Crippen molar-refractivity contribution in [1.29, 1.82) is 0 Å². The molecule has 1 aromatic heterocycles. The predicted molar refractivity (Wildman–Crippen MR) is 94.0 cm³/mol. The van der Waals surface area contributed by atoms with Gasteiger partial charge in [-0.15, -0.1) is 0 Å². The summed E-state index contributed by atoms with van der Waals surface area (Å²) >= 11 is 0. The largest absolute Gasteiger partial charge is 0.375 e. The number of aromatic nitrogens is 2. The first-order chi connectivity index (χ1) is 12.2. The molecule has 0 N–H and O–H groups in total. The Labute approximate surface area is 148 Å². The predicted octanol–water partition coefficient (Wildman–Crippen LogP) is 2.87. The van der Waals surface area contributed by atoms with E-state index in [4.69, 9.17) is 9.26 Å². The van der Waals surface area contributed by atoms with E-state index in [0.29, 0.717) is 44.3 Å². The molecule has 25 heavy (non-hydrogen) atoms. The smallest absolute Gasteiger partial charge is 0.227 e. The first-order valence-electron chi connectivity index (χ1n) is 9.00. The minimum atomic E-state index is 0.119. The molecule has 0 spiro atoms. The van der Waals surface area contributed by atoms with E-state index in [1.54, 1.807) is 0 Å². The van der Waals surface area contributed by atoms with Crippen LogP contribution >= 0.6 is 0 Å². The Kier molecular flexibility index (Phi) is 5.81. The molecule has 1 saturated heterocycles. The maximum absolute atomic E-state index is 12.4. The van der Waals surface area contributed by atoms with Crippen molar-refractivity contribution >= 4 is 5.91 Å². The van der Waals surface area contributed by atoms with Crippen molar-refractivity contribution in [1.82, 2.24) is 15.0 Å². The van der Waals surface area contributed by atoms with Gasteiger partial charge in [0.2, 0.25) is 17.6 Å². The molecule has 0 saturated carbocycles. The highest BCUT2D eigenvalue weighted by Crippen LogP contribution is 2.18. The van der Waals surface area contributed by atoms with Crippen molar-refractivity contribution in [2.45, 2.75) is 45.6 Å². The zero-order valence-corrected chi connectivity index (χ0v) is 14.9. The second-order valence-corrected chi connectivity index (χ2v) is 6.30. The minimum Gasteiger partial charge on any atom is -0.375 e. The lowest BCUT2D eigenvalue weighted by Gasteiger charge is -2.32. The quantitative estimate of drug-likeness (QED) is 0.807. The van der Waals surface area contributed by atoms with Gasteiger partial charge in [-0.25, -0.2) is 0 Å². The van der Waals surface area contributed by atoms with E-state index in [1.165, 1.54) is 5.56 Å². The van der Waals surface area contributed by atoms with Crippen molar-refractivity contribution in [3.63, 3.8) is 0 Å². The minimum absolute atomic E-state index is 0.119. The van der Waals surface area contributed by atoms with Gasteiger partial charge in [0.25, 0.3) is 0 Å². The molecular weight excluding hydrogens is 318 g/mol. The fourth-order valence-electron chi connectivity index (χ4n) is 2.93. The van der Waals surface area contributed by atoms with Gasteiger partial charge >= 0.3 is 0 Å². The van der Waals surface area contributed by atoms with Crippen LogP contribution in [0.25, 0.3) is 11.4 Å². The second-order valence-electron chi connectivity index (χ2n) is 6.30. The number of morpholine rings is 1. The number of rotatable bonds is 6. The van der Waals surface area contributed by atoms with Gasteiger partial charge in [0, 0.05) is 31.5 Å². The summed E-state index contributed by atoms with van der Waals surface area (Å²) in [5, 5.41) is 4.03. The van der Waals surface area contributed by atoms with E-state index in [1.807, 2.05) is 17.0 Å². The van der Waals surface area contributed by atoms with Gasteiger partial charge in [0.1, 0.15) is 0 Å². The van der Waals surface area contributed by atoms with Gasteiger partial charge in [-0.2, -0.15) is 4.98 Å². The molecule has 0 bridgehead atoms. The van der Waals surface area contributed by atoms with Crippen LogP contribution in [0.3, 0.4) is 0 Å². The van der Waals surface area contributed by atoms with Crippen molar-refractivity contribution < 1.29 is 14.1 Å². The Morgan fingerprint density at radius 1 is 1.28 bits per heavy atom. The van der Waals surface area contributed by atoms with Gasteiger partial charge in [-0.1, -0.05) is 43.3 Å². The summed E-state index contributed by atoms with van der Waals surface area (Å²) in [4.78, 5) is 18.6.